The largest absolute Gasteiger partial charge is 0.445 e. The number of hydrogen-bond acceptors (Lipinski definition) is 9. The summed E-state index contributed by atoms with van der Waals surface area (Å²) in [6.07, 6.45) is 3.50. The number of ketones is 1. The third kappa shape index (κ3) is 4.81. The van der Waals surface area contributed by atoms with E-state index in [1.54, 1.807) is 6.08 Å². The van der Waals surface area contributed by atoms with Crippen molar-refractivity contribution in [3.05, 3.63) is 36.4 Å². The van der Waals surface area contributed by atoms with Crippen molar-refractivity contribution >= 4 is 23.9 Å². The van der Waals surface area contributed by atoms with Crippen LogP contribution >= 0.6 is 0 Å². The SMILES string of the molecule is C=C[C@]1(C)C[C@@H](OC(=O)NC(=O)OCc2cnc(C(N)=O)cn2)[C@@]2(C)C(C)CC[C@]3(CCC(=O)[C@H]32)[C@@H](C)[C@@H]1O. The van der Waals surface area contributed by atoms with E-state index >= 15 is 0 Å². The molecule has 4 N–H and O–H groups in total. The van der Waals surface area contributed by atoms with Gasteiger partial charge in [-0.3, -0.25) is 14.6 Å². The van der Waals surface area contributed by atoms with E-state index in [4.69, 9.17) is 15.2 Å². The van der Waals surface area contributed by atoms with Gasteiger partial charge in [-0.2, -0.15) is 0 Å². The number of Topliss-reactive ketones (excluding diaryl/α,β-unsaturated/α-hetero) is 1. The molecule has 3 amide bonds. The zero-order valence-corrected chi connectivity index (χ0v) is 22.9. The zero-order valence-electron chi connectivity index (χ0n) is 22.9. The van der Waals surface area contributed by atoms with Crippen LogP contribution in [0.15, 0.2) is 25.0 Å². The van der Waals surface area contributed by atoms with Gasteiger partial charge in [-0.15, -0.1) is 6.58 Å². The van der Waals surface area contributed by atoms with Crippen molar-refractivity contribution in [2.45, 2.75) is 78.6 Å². The first-order chi connectivity index (χ1) is 18.3. The highest BCUT2D eigenvalue weighted by Gasteiger charge is 2.68. The van der Waals surface area contributed by atoms with Crippen molar-refractivity contribution in [2.24, 2.45) is 39.7 Å². The fourth-order valence-corrected chi connectivity index (χ4v) is 7.48. The average molecular weight is 543 g/mol. The quantitative estimate of drug-likeness (QED) is 0.472. The van der Waals surface area contributed by atoms with E-state index in [1.807, 2.05) is 20.8 Å². The van der Waals surface area contributed by atoms with Crippen LogP contribution in [0.3, 0.4) is 0 Å². The second kappa shape index (κ2) is 10.3. The molecule has 3 fully saturated rings. The number of carbonyl (C=O) groups is 4. The maximum absolute atomic E-state index is 13.4. The molecule has 0 spiro atoms. The highest BCUT2D eigenvalue weighted by atomic mass is 16.6. The molecule has 1 unspecified atom stereocenters. The van der Waals surface area contributed by atoms with Gasteiger partial charge in [0.1, 0.15) is 24.2 Å². The lowest BCUT2D eigenvalue weighted by Gasteiger charge is -2.61. The Bertz CT molecular complexity index is 1170. The summed E-state index contributed by atoms with van der Waals surface area (Å²) in [6, 6.07) is 0. The topological polar surface area (TPSA) is 171 Å². The Hall–Kier alpha value is -3.34. The summed E-state index contributed by atoms with van der Waals surface area (Å²) >= 11 is 0. The number of aliphatic hydroxyl groups excluding tert-OH is 1. The number of carbonyl (C=O) groups excluding carboxylic acids is 4. The van der Waals surface area contributed by atoms with Gasteiger partial charge in [-0.05, 0) is 42.9 Å². The lowest BCUT2D eigenvalue weighted by atomic mass is 9.44. The molecule has 3 aliphatic carbocycles. The third-order valence-electron chi connectivity index (χ3n) is 10.1. The first-order valence-electron chi connectivity index (χ1n) is 13.4. The Morgan fingerprint density at radius 3 is 2.54 bits per heavy atom. The zero-order chi connectivity index (χ0) is 28.8. The Morgan fingerprint density at radius 2 is 1.92 bits per heavy atom. The lowest BCUT2D eigenvalue weighted by Crippen LogP contribution is -2.63. The van der Waals surface area contributed by atoms with Crippen molar-refractivity contribution in [1.82, 2.24) is 15.3 Å². The van der Waals surface area contributed by atoms with E-state index in [0.717, 1.165) is 19.0 Å². The van der Waals surface area contributed by atoms with Crippen LogP contribution in [-0.2, 0) is 20.9 Å². The summed E-state index contributed by atoms with van der Waals surface area (Å²) in [7, 11) is 0. The van der Waals surface area contributed by atoms with E-state index in [2.05, 4.69) is 28.8 Å². The number of alkyl carbamates (subject to hydrolysis) is 2. The second-order valence-electron chi connectivity index (χ2n) is 11.9. The lowest BCUT2D eigenvalue weighted by molar-refractivity contribution is -0.191. The molecule has 0 aliphatic heterocycles. The number of aromatic nitrogens is 2. The average Bonchev–Trinajstić information content (AvgIpc) is 3.26. The van der Waals surface area contributed by atoms with Crippen LogP contribution in [0.5, 0.6) is 0 Å². The molecule has 3 saturated carbocycles. The van der Waals surface area contributed by atoms with E-state index in [9.17, 15) is 24.3 Å². The number of amides is 3. The Kier molecular flexibility index (Phi) is 7.59. The van der Waals surface area contributed by atoms with Crippen LogP contribution < -0.4 is 11.1 Å². The van der Waals surface area contributed by atoms with Gasteiger partial charge in [0.05, 0.1) is 24.2 Å². The number of hydrogen-bond donors (Lipinski definition) is 3. The van der Waals surface area contributed by atoms with Crippen molar-refractivity contribution < 1.29 is 33.8 Å². The van der Waals surface area contributed by atoms with Gasteiger partial charge < -0.3 is 20.3 Å². The predicted octanol–water partition coefficient (Wildman–Crippen LogP) is 3.30. The first kappa shape index (κ1) is 28.7. The number of nitrogens with one attached hydrogen (secondary N) is 1. The first-order valence-corrected chi connectivity index (χ1v) is 13.4. The van der Waals surface area contributed by atoms with E-state index in [-0.39, 0.29) is 48.0 Å². The second-order valence-corrected chi connectivity index (χ2v) is 11.9. The fraction of sp³-hybridized carbons (Fsp3) is 0.643. The van der Waals surface area contributed by atoms with Gasteiger partial charge in [-0.25, -0.2) is 19.9 Å². The minimum absolute atomic E-state index is 0.0350. The monoisotopic (exact) mass is 542 g/mol. The number of nitrogens with zero attached hydrogens (tertiary/aromatic N) is 2. The summed E-state index contributed by atoms with van der Waals surface area (Å²) in [6.45, 7) is 11.7. The minimum atomic E-state index is -1.06. The highest BCUT2D eigenvalue weighted by molar-refractivity contribution is 5.90. The molecule has 1 heterocycles. The maximum Gasteiger partial charge on any atom is 0.417 e. The molecule has 8 atom stereocenters. The molecule has 3 aliphatic rings. The molecule has 0 saturated heterocycles. The third-order valence-corrected chi connectivity index (χ3v) is 10.1. The predicted molar refractivity (Wildman–Crippen MR) is 139 cm³/mol. The summed E-state index contributed by atoms with van der Waals surface area (Å²) < 4.78 is 11.0. The normalized spacial score (nSPS) is 37.6. The number of imide groups is 1. The van der Waals surface area contributed by atoms with Crippen LogP contribution in [0.25, 0.3) is 0 Å². The standard InChI is InChI=1S/C28H38N4O7/c1-6-26(4)11-20(39-25(37)32-24(36)38-14-17-12-31-18(13-30-17)23(29)35)27(5)15(2)7-9-28(16(3)22(26)34)10-8-19(33)21(27)28/h6,12-13,15-16,20-22,34H,1,7-11,14H2,2-5H3,(H2,29,35)(H,32,36,37)/t15?,16-,20+,21-,22-,26+,27+,28-/m0/s1. The van der Waals surface area contributed by atoms with E-state index in [0.29, 0.717) is 12.8 Å². The van der Waals surface area contributed by atoms with Crippen LogP contribution in [0.2, 0.25) is 0 Å². The molecule has 11 heteroatoms. The molecule has 1 aromatic heterocycles. The Morgan fingerprint density at radius 1 is 1.21 bits per heavy atom. The minimum Gasteiger partial charge on any atom is -0.445 e. The van der Waals surface area contributed by atoms with E-state index < -0.39 is 46.5 Å². The number of aliphatic hydroxyl groups is 1. The number of ether oxygens (including phenoxy) is 2. The number of rotatable bonds is 5. The van der Waals surface area contributed by atoms with Gasteiger partial charge in [0, 0.05) is 23.2 Å². The highest BCUT2D eigenvalue weighted by Crippen LogP contribution is 2.67. The fourth-order valence-electron chi connectivity index (χ4n) is 7.48. The molecule has 2 bridgehead atoms. The van der Waals surface area contributed by atoms with Gasteiger partial charge in [0.15, 0.2) is 0 Å². The van der Waals surface area contributed by atoms with Crippen molar-refractivity contribution in [3.63, 3.8) is 0 Å². The van der Waals surface area contributed by atoms with Crippen molar-refractivity contribution in [1.29, 1.82) is 0 Å². The molecule has 212 valence electrons. The molecule has 0 aromatic carbocycles. The van der Waals surface area contributed by atoms with Gasteiger partial charge in [-0.1, -0.05) is 33.8 Å². The van der Waals surface area contributed by atoms with Crippen molar-refractivity contribution in [2.75, 3.05) is 0 Å². The van der Waals surface area contributed by atoms with Crippen LogP contribution in [0, 0.1) is 34.0 Å². The Labute approximate surface area is 227 Å². The van der Waals surface area contributed by atoms with E-state index in [1.165, 1.54) is 6.20 Å². The molecule has 0 radical (unpaired) electrons. The molecular weight excluding hydrogens is 504 g/mol. The smallest absolute Gasteiger partial charge is 0.417 e. The van der Waals surface area contributed by atoms with Crippen LogP contribution in [0.4, 0.5) is 9.59 Å². The number of primary amides is 1. The van der Waals surface area contributed by atoms with Crippen LogP contribution in [0.1, 0.15) is 76.0 Å². The Balaban J connectivity index is 1.54. The molecule has 39 heavy (non-hydrogen) atoms. The van der Waals surface area contributed by atoms with Crippen LogP contribution in [-0.4, -0.2) is 51.2 Å². The summed E-state index contributed by atoms with van der Waals surface area (Å²) in [5.41, 5.74) is 3.45. The molecule has 11 nitrogen and oxygen atoms in total. The van der Waals surface area contributed by atoms with Crippen molar-refractivity contribution in [3.8, 4) is 0 Å². The molecular formula is C28H38N4O7. The van der Waals surface area contributed by atoms with Gasteiger partial charge in [0.25, 0.3) is 5.91 Å². The molecule has 4 rings (SSSR count). The number of nitrogens with two attached hydrogens (primary N) is 1. The summed E-state index contributed by atoms with van der Waals surface area (Å²) in [4.78, 5) is 57.7. The summed E-state index contributed by atoms with van der Waals surface area (Å²) in [5, 5.41) is 13.7. The molecule has 1 aromatic rings. The summed E-state index contributed by atoms with van der Waals surface area (Å²) in [5.74, 6) is -1.06. The maximum atomic E-state index is 13.4. The van der Waals surface area contributed by atoms with Gasteiger partial charge >= 0.3 is 12.2 Å². The van der Waals surface area contributed by atoms with Gasteiger partial charge in [0.2, 0.25) is 0 Å².